The Kier molecular flexibility index (Phi) is 42.3. The summed E-state index contributed by atoms with van der Waals surface area (Å²) in [6.45, 7) is 2.19. The van der Waals surface area contributed by atoms with Crippen molar-refractivity contribution < 1.29 is 207 Å². The lowest BCUT2D eigenvalue weighted by Crippen LogP contribution is -2.71. The van der Waals surface area contributed by atoms with Crippen molar-refractivity contribution in [1.29, 1.82) is 0 Å². The summed E-state index contributed by atoms with van der Waals surface area (Å²) >= 11 is 0. The van der Waals surface area contributed by atoms with Gasteiger partial charge in [0.05, 0.1) is 65.5 Å². The highest BCUT2D eigenvalue weighted by molar-refractivity contribution is 5.95. The van der Waals surface area contributed by atoms with Gasteiger partial charge < -0.3 is 216 Å². The minimum absolute atomic E-state index is 0.0817. The maximum absolute atomic E-state index is 13.8. The Balaban J connectivity index is 0.000000332. The number of carbonyl (C=O) groups is 7. The van der Waals surface area contributed by atoms with E-state index in [1.54, 1.807) is 12.1 Å². The second kappa shape index (κ2) is 50.7. The molecule has 0 radical (unpaired) electrons. The molecule has 16 unspecified atom stereocenters. The van der Waals surface area contributed by atoms with Crippen LogP contribution < -0.4 is 47.7 Å². The van der Waals surface area contributed by atoms with Crippen LogP contribution in [0.3, 0.4) is 0 Å². The molecule has 0 spiro atoms. The normalized spacial score (nSPS) is 40.3. The molecule has 50 heteroatoms. The molecule has 50 nitrogen and oxygen atoms in total. The first-order valence-corrected chi connectivity index (χ1v) is 42.1. The van der Waals surface area contributed by atoms with Crippen molar-refractivity contribution in [2.45, 2.75) is 339 Å². The Bertz CT molecular complexity index is 3650. The minimum Gasteiger partial charge on any atom is -0.494 e. The zero-order valence-corrected chi connectivity index (χ0v) is 71.4. The molecule has 29 N–H and O–H groups in total. The van der Waals surface area contributed by atoms with E-state index in [0.29, 0.717) is 12.4 Å². The summed E-state index contributed by atoms with van der Waals surface area (Å²) in [5.41, 5.74) is 6.06. The molecule has 1 aromatic carbocycles. The Hall–Kier alpha value is -6.35. The van der Waals surface area contributed by atoms with E-state index in [1.807, 2.05) is 0 Å². The molecule has 8 aliphatic heterocycles. The number of hydrogen-bond acceptors (Lipinski definition) is 43. The highest BCUT2D eigenvalue weighted by Gasteiger charge is 2.60. The number of nitrogens with one attached hydrogen (secondary N) is 7. The average Bonchev–Trinajstić information content (AvgIpc) is 0.766. The van der Waals surface area contributed by atoms with Crippen molar-refractivity contribution in [1.82, 2.24) is 37.2 Å². The number of allylic oxidation sites excluding steroid dienone is 2. The van der Waals surface area contributed by atoms with Crippen LogP contribution in [-0.4, -0.2) is 448 Å². The molecule has 1 aromatic rings. The van der Waals surface area contributed by atoms with E-state index >= 15 is 0 Å². The van der Waals surface area contributed by atoms with E-state index in [4.69, 9.17) is 76.8 Å². The number of ether oxygens (including phenoxy) is 15. The molecule has 128 heavy (non-hydrogen) atoms. The van der Waals surface area contributed by atoms with Gasteiger partial charge in [0.1, 0.15) is 195 Å². The van der Waals surface area contributed by atoms with Crippen molar-refractivity contribution in [3.8, 4) is 5.75 Å². The molecule has 8 heterocycles. The number of unbranched alkanes of at least 4 members (excludes halogenated alkanes) is 5. The molecule has 9 rings (SSSR count). The van der Waals surface area contributed by atoms with Crippen LogP contribution in [0, 0.1) is 0 Å². The van der Waals surface area contributed by atoms with Crippen molar-refractivity contribution in [3.63, 3.8) is 0 Å². The van der Waals surface area contributed by atoms with Gasteiger partial charge in [0, 0.05) is 47.1 Å². The molecule has 7 amide bonds. The van der Waals surface area contributed by atoms with Crippen molar-refractivity contribution in [2.24, 2.45) is 5.73 Å². The van der Waals surface area contributed by atoms with Crippen molar-refractivity contribution in [2.75, 3.05) is 59.5 Å². The van der Waals surface area contributed by atoms with E-state index in [-0.39, 0.29) is 5.56 Å². The number of benzene rings is 1. The Morgan fingerprint density at radius 2 is 0.617 bits per heavy atom. The van der Waals surface area contributed by atoms with Gasteiger partial charge in [-0.25, -0.2) is 0 Å². The Labute approximate surface area is 734 Å². The monoisotopic (exact) mass is 1850 g/mol. The van der Waals surface area contributed by atoms with Gasteiger partial charge in [-0.2, -0.15) is 0 Å². The fourth-order valence-electron chi connectivity index (χ4n) is 16.0. The maximum Gasteiger partial charge on any atom is 0.251 e. The second-order valence-corrected chi connectivity index (χ2v) is 32.1. The van der Waals surface area contributed by atoms with E-state index < -0.39 is 339 Å². The van der Waals surface area contributed by atoms with Gasteiger partial charge in [0.25, 0.3) is 5.91 Å². The lowest BCUT2D eigenvalue weighted by Gasteiger charge is -2.51. The van der Waals surface area contributed by atoms with Gasteiger partial charge in [-0.05, 0) is 43.9 Å². The largest absolute Gasteiger partial charge is 0.494 e. The van der Waals surface area contributed by atoms with Crippen LogP contribution in [0.1, 0.15) is 104 Å². The number of carbonyl (C=O) groups excluding carboxylic acids is 7. The minimum atomic E-state index is -1.94. The molecule has 0 aromatic heterocycles. The molecule has 8 fully saturated rings. The molecule has 0 saturated carbocycles. The third-order valence-electron chi connectivity index (χ3n) is 22.5. The van der Waals surface area contributed by atoms with Crippen LogP contribution in [0.5, 0.6) is 5.75 Å². The first kappa shape index (κ1) is 107. The molecular weight excluding hydrogens is 1720 g/mol. The third kappa shape index (κ3) is 27.5. The predicted octanol–water partition coefficient (Wildman–Crippen LogP) is -13.5. The molecule has 40 atom stereocenters. The summed E-state index contributed by atoms with van der Waals surface area (Å²) in [6.07, 6.45) is -42.2. The summed E-state index contributed by atoms with van der Waals surface area (Å²) in [7, 11) is 0. The van der Waals surface area contributed by atoms with Gasteiger partial charge in [0.2, 0.25) is 35.4 Å². The maximum atomic E-state index is 13.8. The van der Waals surface area contributed by atoms with E-state index in [9.17, 15) is 136 Å². The van der Waals surface area contributed by atoms with Gasteiger partial charge in [-0.3, -0.25) is 33.6 Å². The highest BCUT2D eigenvalue weighted by Crippen LogP contribution is 2.39. The lowest BCUT2D eigenvalue weighted by molar-refractivity contribution is -0.361. The van der Waals surface area contributed by atoms with Gasteiger partial charge in [0.15, 0.2) is 50.3 Å². The second-order valence-electron chi connectivity index (χ2n) is 32.1. The standard InChI is InChI=1S/C48H76N4O22.C30H52N4O20/c1-5-6-7-8-9-10-11-12-13-17-67-27-16-14-15-26(18-27)44(65)52-33-37(61)36(60)28(19-53)69-46(33)73-42-30(21-55)71-48(35(39(42)63)51-25(4)59)74-43-31(22-56)70-47(34(40(43)64)50-24(3)58)72-41-29(20-54)68-45(66)32(38(41)62)49-23(2)57;1-8(39)32-16-21(44)24(12(5-36)48-27(16)47)53-29-18(34-10(3)41)23(46)26(14(7-38)51-29)54-30-17(33-9(2)40)22(45)25(13(6-37)50-30)52-28-15(31)20(43)19(42)11(4-35)49-28/h10-11,14-16,18,28-43,45-48,53-56,60-64,66H,5-9,12-13,17,19-22H2,1-4H3,(H,49,57)(H,50,58)(H,51,59)(H,52,65);11-30,35-38,42-47H,4-7,31H2,1-3H3,(H,32,39)(H,33,40)(H,34,41)/b11-10-;/t28?,29-,30-,31?,32?,33?,34?,35?,36+,37+,38?,39?,40+,41+,42+,43+,45+,46-,47-,48-;11?,12-,13-,14?,15?,16?,17?,18?,19+,20+,21?,22?,23+,24+,25+,26+,27+,28-,29-,30-/m00/s1. The first-order valence-electron chi connectivity index (χ1n) is 42.1. The molecule has 8 aliphatic rings. The van der Waals surface area contributed by atoms with Crippen LogP contribution in [0.25, 0.3) is 0 Å². The van der Waals surface area contributed by atoms with Crippen LogP contribution >= 0.6 is 0 Å². The van der Waals surface area contributed by atoms with Crippen molar-refractivity contribution >= 4 is 41.4 Å². The quantitative estimate of drug-likeness (QED) is 0.0216. The number of nitrogens with two attached hydrogens (primary N) is 1. The molecule has 732 valence electrons. The van der Waals surface area contributed by atoms with E-state index in [1.165, 1.54) is 31.4 Å². The van der Waals surface area contributed by atoms with Gasteiger partial charge >= 0.3 is 0 Å². The number of aliphatic hydroxyl groups excluding tert-OH is 20. The highest BCUT2D eigenvalue weighted by atomic mass is 16.8. The SMILES string of the molecule is CC(=O)NC1C(O)[C@H](O[C@@H]2OC(CO)[C@@H](O)[C@H](O)C2N)[C@H](CO)O[C@H]1O[C@@H]1C(CO)O[C@@H](O[C@H]2C(O)C(NC(C)=O)[C@H](O)O[C@H]2CO)C(NC(C)=O)[C@H]1O.CCCCCC/C=C\CCCOc1cccc(C(=O)NC2[C@H](O[C@H]3C(O)C(NC(C)=O)[C@H](O[C@@H]4C(CO)O[C@@H](O[C@H]5C(O)C(NC(C)=O)[C@H](O)O[C@H]5CO)C(NC(C)=O)[C@H]4O)O[C@H]3CO)OC(CO)[C@@H](O)[C@@H]2O)c1. The summed E-state index contributed by atoms with van der Waals surface area (Å²) in [5.74, 6) is -4.68. The van der Waals surface area contributed by atoms with Gasteiger partial charge in [-0.15, -0.1) is 0 Å². The van der Waals surface area contributed by atoms with E-state index in [2.05, 4.69) is 56.3 Å². The summed E-state index contributed by atoms with van der Waals surface area (Å²) in [5, 5.41) is 231. The fraction of sp³-hybridized carbons (Fsp3) is 0.808. The van der Waals surface area contributed by atoms with Gasteiger partial charge in [-0.1, -0.05) is 44.4 Å². The number of aliphatic hydroxyl groups is 20. The Morgan fingerprint density at radius 3 is 0.945 bits per heavy atom. The average molecular weight is 1850 g/mol. The van der Waals surface area contributed by atoms with Crippen LogP contribution in [0.4, 0.5) is 0 Å². The molecule has 8 saturated heterocycles. The topological polar surface area (TPSA) is 773 Å². The zero-order valence-electron chi connectivity index (χ0n) is 71.4. The summed E-state index contributed by atoms with van der Waals surface area (Å²) in [6, 6.07) is -6.19. The number of amides is 7. The first-order chi connectivity index (χ1) is 60.8. The predicted molar refractivity (Wildman–Crippen MR) is 424 cm³/mol. The van der Waals surface area contributed by atoms with E-state index in [0.717, 1.165) is 67.2 Å². The summed E-state index contributed by atoms with van der Waals surface area (Å²) in [4.78, 5) is 87.2. The fourth-order valence-corrected chi connectivity index (χ4v) is 16.0. The van der Waals surface area contributed by atoms with Crippen LogP contribution in [0.2, 0.25) is 0 Å². The van der Waals surface area contributed by atoms with Crippen LogP contribution in [-0.2, 0) is 95.1 Å². The Morgan fingerprint density at radius 1 is 0.336 bits per heavy atom. The third-order valence-corrected chi connectivity index (χ3v) is 22.5. The molecule has 0 aliphatic carbocycles. The number of hydrogen-bond donors (Lipinski definition) is 28. The zero-order chi connectivity index (χ0) is 94.4. The van der Waals surface area contributed by atoms with Crippen LogP contribution in [0.15, 0.2) is 36.4 Å². The summed E-state index contributed by atoms with van der Waals surface area (Å²) < 4.78 is 87.7. The smallest absolute Gasteiger partial charge is 0.251 e. The lowest BCUT2D eigenvalue weighted by atomic mass is 9.93. The molecule has 0 bridgehead atoms. The number of rotatable bonds is 38. The molecular formula is C78H128N8O42. The van der Waals surface area contributed by atoms with Crippen molar-refractivity contribution in [3.05, 3.63) is 42.0 Å².